The second kappa shape index (κ2) is 7.21. The highest BCUT2D eigenvalue weighted by Crippen LogP contribution is 2.60. The average Bonchev–Trinajstić information content (AvgIpc) is 3.12. The van der Waals surface area contributed by atoms with Crippen LogP contribution in [0, 0.1) is 16.7 Å². The molecule has 2 amide bonds. The molecule has 2 fully saturated rings. The largest absolute Gasteiger partial charge is 0.389 e. The fourth-order valence-corrected chi connectivity index (χ4v) is 6.14. The molecule has 3 aromatic rings. The Morgan fingerprint density at radius 3 is 2.12 bits per heavy atom. The zero-order valence-corrected chi connectivity index (χ0v) is 19.9. The second-order valence-corrected chi connectivity index (χ2v) is 10.9. The molecule has 1 N–H and O–H groups in total. The number of fused-ring (bicyclic) bond motifs is 5. The summed E-state index contributed by atoms with van der Waals surface area (Å²) < 4.78 is 2.00. The van der Waals surface area contributed by atoms with Gasteiger partial charge in [-0.15, -0.1) is 0 Å². The molecule has 1 aromatic heterocycles. The summed E-state index contributed by atoms with van der Waals surface area (Å²) in [5.74, 6) is -0.509. The van der Waals surface area contributed by atoms with Crippen molar-refractivity contribution in [1.29, 1.82) is 0 Å². The first-order valence-corrected chi connectivity index (χ1v) is 11.7. The summed E-state index contributed by atoms with van der Waals surface area (Å²) in [6.07, 6.45) is 0.517. The lowest BCUT2D eigenvalue weighted by atomic mass is 9.62. The normalized spacial score (nSPS) is 25.8. The van der Waals surface area contributed by atoms with Crippen LogP contribution in [0.1, 0.15) is 33.6 Å². The lowest BCUT2D eigenvalue weighted by Crippen LogP contribution is -2.60. The summed E-state index contributed by atoms with van der Waals surface area (Å²) in [6, 6.07) is 11.2. The van der Waals surface area contributed by atoms with Crippen LogP contribution in [0.15, 0.2) is 36.4 Å². The number of carbonyl (C=O) groups is 2. The van der Waals surface area contributed by atoms with Gasteiger partial charge in [0.05, 0.1) is 24.6 Å². The maximum absolute atomic E-state index is 13.3. The summed E-state index contributed by atoms with van der Waals surface area (Å²) in [5.41, 5.74) is 0.880. The molecule has 1 saturated carbocycles. The number of hydrogen-bond acceptors (Lipinski definition) is 3. The predicted octanol–water partition coefficient (Wildman–Crippen LogP) is 5.27. The van der Waals surface area contributed by atoms with Crippen molar-refractivity contribution in [2.75, 3.05) is 6.54 Å². The number of hydrogen-bond donors (Lipinski definition) is 1. The van der Waals surface area contributed by atoms with E-state index in [-0.39, 0.29) is 36.2 Å². The highest BCUT2D eigenvalue weighted by Gasteiger charge is 2.64. The molecule has 1 saturated heterocycles. The van der Waals surface area contributed by atoms with Gasteiger partial charge in [0, 0.05) is 37.8 Å². The Morgan fingerprint density at radius 2 is 1.56 bits per heavy atom. The Bertz CT molecular complexity index is 1220. The number of piperidine rings is 1. The first kappa shape index (κ1) is 21.7. The number of nitrogens with zero attached hydrogens (tertiary/aromatic N) is 2. The van der Waals surface area contributed by atoms with Crippen molar-refractivity contribution in [2.24, 2.45) is 16.7 Å². The molecule has 7 heteroatoms. The number of imide groups is 1. The van der Waals surface area contributed by atoms with Gasteiger partial charge in [0.15, 0.2) is 0 Å². The lowest BCUT2D eigenvalue weighted by molar-refractivity contribution is -0.169. The molecule has 5 nitrogen and oxygen atoms in total. The van der Waals surface area contributed by atoms with Crippen LogP contribution < -0.4 is 0 Å². The smallest absolute Gasteiger partial charge is 0.235 e. The molecular formula is C25H26Cl2N2O3. The fraction of sp³-hybridized carbons (Fsp3) is 0.440. The number of aliphatic hydroxyl groups is 1. The van der Waals surface area contributed by atoms with Gasteiger partial charge >= 0.3 is 0 Å². The minimum Gasteiger partial charge on any atom is -0.389 e. The number of halogens is 2. The summed E-state index contributed by atoms with van der Waals surface area (Å²) in [4.78, 5) is 27.8. The van der Waals surface area contributed by atoms with Crippen LogP contribution >= 0.6 is 23.2 Å². The van der Waals surface area contributed by atoms with Gasteiger partial charge in [0.2, 0.25) is 11.8 Å². The van der Waals surface area contributed by atoms with Crippen molar-refractivity contribution in [3.05, 3.63) is 46.4 Å². The van der Waals surface area contributed by atoms with Crippen molar-refractivity contribution in [3.8, 4) is 0 Å². The Kier molecular flexibility index (Phi) is 4.90. The number of aromatic nitrogens is 1. The van der Waals surface area contributed by atoms with E-state index < -0.39 is 11.5 Å². The molecule has 2 heterocycles. The van der Waals surface area contributed by atoms with E-state index in [0.717, 1.165) is 28.2 Å². The Balaban J connectivity index is 1.48. The van der Waals surface area contributed by atoms with E-state index in [9.17, 15) is 14.7 Å². The van der Waals surface area contributed by atoms with Crippen LogP contribution in [0.25, 0.3) is 21.8 Å². The van der Waals surface area contributed by atoms with Crippen molar-refractivity contribution in [3.63, 3.8) is 0 Å². The van der Waals surface area contributed by atoms with Gasteiger partial charge in [-0.3, -0.25) is 14.5 Å². The summed E-state index contributed by atoms with van der Waals surface area (Å²) in [6.45, 7) is 6.22. The zero-order valence-electron chi connectivity index (χ0n) is 18.4. The number of likely N-dealkylation sites (tertiary alicyclic amines) is 1. The molecule has 0 radical (unpaired) electrons. The minimum absolute atomic E-state index is 0.0117. The average molecular weight is 473 g/mol. The molecule has 0 unspecified atom stereocenters. The Hall–Kier alpha value is -2.08. The van der Waals surface area contributed by atoms with Gasteiger partial charge in [-0.2, -0.15) is 0 Å². The van der Waals surface area contributed by atoms with Gasteiger partial charge in [-0.1, -0.05) is 44.0 Å². The fourth-order valence-electron chi connectivity index (χ4n) is 5.80. The molecule has 2 bridgehead atoms. The van der Waals surface area contributed by atoms with Crippen LogP contribution in [0.4, 0.5) is 0 Å². The van der Waals surface area contributed by atoms with Gasteiger partial charge < -0.3 is 9.67 Å². The van der Waals surface area contributed by atoms with Crippen LogP contribution in [0.3, 0.4) is 0 Å². The van der Waals surface area contributed by atoms with Crippen molar-refractivity contribution >= 4 is 56.8 Å². The first-order chi connectivity index (χ1) is 15.0. The van der Waals surface area contributed by atoms with E-state index >= 15 is 0 Å². The van der Waals surface area contributed by atoms with E-state index in [1.165, 1.54) is 4.90 Å². The highest BCUT2D eigenvalue weighted by molar-refractivity contribution is 6.33. The maximum atomic E-state index is 13.3. The number of benzene rings is 2. The van der Waals surface area contributed by atoms with Crippen LogP contribution in [0.2, 0.25) is 10.0 Å². The van der Waals surface area contributed by atoms with Gasteiger partial charge in [-0.05, 0) is 54.7 Å². The predicted molar refractivity (Wildman–Crippen MR) is 127 cm³/mol. The Morgan fingerprint density at radius 1 is 1.00 bits per heavy atom. The molecule has 5 rings (SSSR count). The molecule has 0 spiro atoms. The summed E-state index contributed by atoms with van der Waals surface area (Å²) in [5, 5.41) is 14.1. The highest BCUT2D eigenvalue weighted by atomic mass is 35.5. The van der Waals surface area contributed by atoms with Gasteiger partial charge in [0.1, 0.15) is 0 Å². The Labute approximate surface area is 196 Å². The van der Waals surface area contributed by atoms with E-state index in [1.807, 2.05) is 61.7 Å². The zero-order chi connectivity index (χ0) is 23.0. The van der Waals surface area contributed by atoms with E-state index in [2.05, 4.69) is 0 Å². The van der Waals surface area contributed by atoms with Gasteiger partial charge in [0.25, 0.3) is 0 Å². The van der Waals surface area contributed by atoms with Crippen LogP contribution in [-0.2, 0) is 16.1 Å². The number of rotatable bonds is 4. The molecule has 168 valence electrons. The summed E-state index contributed by atoms with van der Waals surface area (Å²) in [7, 11) is 0. The standard InChI is InChI=1S/C25H26Cl2N2O3/c1-24(2)19-8-9-25(24,3)23(32)29(22(19)31)13-16(30)12-28-20-6-4-14(26)10-17(20)18-11-15(27)5-7-21(18)28/h4-7,10-11,16,19,30H,8-9,12-13H2,1-3H3/t16-,19-,25-/m0/s1. The first-order valence-electron chi connectivity index (χ1n) is 11.0. The third-order valence-electron chi connectivity index (χ3n) is 8.08. The quantitative estimate of drug-likeness (QED) is 0.525. The third kappa shape index (κ3) is 2.94. The molecule has 1 aliphatic heterocycles. The second-order valence-electron chi connectivity index (χ2n) is 9.99. The topological polar surface area (TPSA) is 62.5 Å². The summed E-state index contributed by atoms with van der Waals surface area (Å²) >= 11 is 12.5. The van der Waals surface area contributed by atoms with Crippen LogP contribution in [0.5, 0.6) is 0 Å². The minimum atomic E-state index is -0.905. The SMILES string of the molecule is CC1(C)[C@H]2CC[C@@]1(C)C(=O)N(C[C@@H](O)Cn1c3ccc(Cl)cc3c3cc(Cl)ccc31)C2=O. The number of aliphatic hydroxyl groups excluding tert-OH is 1. The molecule has 1 aliphatic carbocycles. The molecule has 2 aromatic carbocycles. The monoisotopic (exact) mass is 472 g/mol. The molecule has 2 aliphatic rings. The molecule has 32 heavy (non-hydrogen) atoms. The molecular weight excluding hydrogens is 447 g/mol. The molecule has 3 atom stereocenters. The van der Waals surface area contributed by atoms with Gasteiger partial charge in [-0.25, -0.2) is 0 Å². The number of β-amino-alcohol motifs (C(OH)–C–C–N with tert-alkyl or cyclic N) is 1. The van der Waals surface area contributed by atoms with E-state index in [4.69, 9.17) is 23.2 Å². The van der Waals surface area contributed by atoms with E-state index in [1.54, 1.807) is 0 Å². The number of amides is 2. The van der Waals surface area contributed by atoms with E-state index in [0.29, 0.717) is 16.5 Å². The van der Waals surface area contributed by atoms with Crippen molar-refractivity contribution < 1.29 is 14.7 Å². The van der Waals surface area contributed by atoms with Crippen LogP contribution in [-0.4, -0.2) is 39.0 Å². The third-order valence-corrected chi connectivity index (χ3v) is 8.55. The van der Waals surface area contributed by atoms with Crippen molar-refractivity contribution in [1.82, 2.24) is 9.47 Å². The van der Waals surface area contributed by atoms with Crippen molar-refractivity contribution in [2.45, 2.75) is 46.3 Å². The number of carbonyl (C=O) groups excluding carboxylic acids is 2. The lowest BCUT2D eigenvalue weighted by Gasteiger charge is -2.48. The maximum Gasteiger partial charge on any atom is 0.235 e.